The van der Waals surface area contributed by atoms with Crippen molar-refractivity contribution in [2.75, 3.05) is 32.7 Å². The van der Waals surface area contributed by atoms with E-state index >= 15 is 0 Å². The highest BCUT2D eigenvalue weighted by molar-refractivity contribution is 7.17. The van der Waals surface area contributed by atoms with Crippen LogP contribution in [0.4, 0.5) is 0 Å². The van der Waals surface area contributed by atoms with E-state index in [1.54, 1.807) is 0 Å². The van der Waals surface area contributed by atoms with Crippen molar-refractivity contribution >= 4 is 28.3 Å². The predicted octanol–water partition coefficient (Wildman–Crippen LogP) is 4.22. The van der Waals surface area contributed by atoms with Gasteiger partial charge in [0.1, 0.15) is 15.5 Å². The zero-order chi connectivity index (χ0) is 20.5. The Morgan fingerprint density at radius 2 is 2.00 bits per heavy atom. The molecule has 0 N–H and O–H groups in total. The summed E-state index contributed by atoms with van der Waals surface area (Å²) in [7, 11) is 0. The van der Waals surface area contributed by atoms with Crippen molar-refractivity contribution in [2.24, 2.45) is 0 Å². The van der Waals surface area contributed by atoms with Gasteiger partial charge in [-0.2, -0.15) is 0 Å². The van der Waals surface area contributed by atoms with E-state index in [4.69, 9.17) is 4.98 Å². The van der Waals surface area contributed by atoms with Crippen LogP contribution in [0.25, 0.3) is 21.6 Å². The molecular weight excluding hydrogens is 382 g/mol. The molecule has 0 saturated carbocycles. The first-order chi connectivity index (χ1) is 14.0. The van der Waals surface area contributed by atoms with E-state index < -0.39 is 0 Å². The van der Waals surface area contributed by atoms with E-state index in [9.17, 15) is 4.79 Å². The van der Waals surface area contributed by atoms with Gasteiger partial charge in [-0.3, -0.25) is 9.69 Å². The zero-order valence-electron chi connectivity index (χ0n) is 17.7. The van der Waals surface area contributed by atoms with Gasteiger partial charge in [0, 0.05) is 55.6 Å². The van der Waals surface area contributed by atoms with Crippen molar-refractivity contribution in [1.82, 2.24) is 24.3 Å². The van der Waals surface area contributed by atoms with Crippen LogP contribution in [0.15, 0.2) is 24.5 Å². The average molecular weight is 412 g/mol. The highest BCUT2D eigenvalue weighted by Crippen LogP contribution is 2.35. The number of aryl methyl sites for hydroxylation is 1. The maximum absolute atomic E-state index is 13.2. The molecule has 1 aliphatic rings. The normalized spacial score (nSPS) is 15.6. The first-order valence-corrected chi connectivity index (χ1v) is 11.3. The fourth-order valence-electron chi connectivity index (χ4n) is 3.99. The molecule has 1 fully saturated rings. The summed E-state index contributed by atoms with van der Waals surface area (Å²) in [6, 6.07) is 4.35. The first kappa shape index (κ1) is 20.0. The number of carbonyl (C=O) groups is 1. The van der Waals surface area contributed by atoms with Crippen LogP contribution in [0.3, 0.4) is 0 Å². The summed E-state index contributed by atoms with van der Waals surface area (Å²) in [6.07, 6.45) is 5.10. The smallest absolute Gasteiger partial charge is 0.265 e. The lowest BCUT2D eigenvalue weighted by atomic mass is 10.2. The molecule has 7 heteroatoms. The van der Waals surface area contributed by atoms with Crippen LogP contribution in [-0.2, 0) is 0 Å². The maximum Gasteiger partial charge on any atom is 0.265 e. The Kier molecular flexibility index (Phi) is 5.69. The molecule has 0 unspecified atom stereocenters. The average Bonchev–Trinajstić information content (AvgIpc) is 3.29. The Balaban J connectivity index is 1.62. The van der Waals surface area contributed by atoms with Crippen LogP contribution in [-0.4, -0.2) is 63.0 Å². The van der Waals surface area contributed by atoms with Crippen LogP contribution < -0.4 is 0 Å². The van der Waals surface area contributed by atoms with E-state index in [1.165, 1.54) is 11.3 Å². The maximum atomic E-state index is 13.2. The summed E-state index contributed by atoms with van der Waals surface area (Å²) in [5.74, 6) is 0.119. The fraction of sp³-hybridized carbons (Fsp3) is 0.500. The molecule has 0 aliphatic carbocycles. The number of nitrogens with zero attached hydrogens (tertiary/aromatic N) is 5. The van der Waals surface area contributed by atoms with Gasteiger partial charge in [-0.15, -0.1) is 11.3 Å². The monoisotopic (exact) mass is 411 g/mol. The third kappa shape index (κ3) is 3.81. The second kappa shape index (κ2) is 8.24. The van der Waals surface area contributed by atoms with Crippen LogP contribution in [0.1, 0.15) is 48.6 Å². The van der Waals surface area contributed by atoms with Gasteiger partial charge in [0.25, 0.3) is 5.91 Å². The minimum atomic E-state index is 0.119. The third-order valence-corrected chi connectivity index (χ3v) is 6.75. The van der Waals surface area contributed by atoms with E-state index in [-0.39, 0.29) is 5.91 Å². The number of piperazine rings is 1. The molecule has 4 rings (SSSR count). The Bertz CT molecular complexity index is 1010. The summed E-state index contributed by atoms with van der Waals surface area (Å²) in [5.41, 5.74) is 2.84. The predicted molar refractivity (Wildman–Crippen MR) is 119 cm³/mol. The number of hydrogen-bond donors (Lipinski definition) is 0. The van der Waals surface area contributed by atoms with E-state index in [0.29, 0.717) is 6.04 Å². The fourth-order valence-corrected chi connectivity index (χ4v) is 5.05. The summed E-state index contributed by atoms with van der Waals surface area (Å²) in [5, 5.41) is 1.98. The van der Waals surface area contributed by atoms with Crippen molar-refractivity contribution in [3.05, 3.63) is 35.1 Å². The number of aromatic nitrogens is 3. The topological polar surface area (TPSA) is 54.3 Å². The molecule has 0 aromatic carbocycles. The van der Waals surface area contributed by atoms with Crippen LogP contribution in [0.2, 0.25) is 0 Å². The Hall–Kier alpha value is -2.25. The SMILES string of the molecule is CCCN1CCN(C(=O)c2sc(-c3cn(C(C)C)c4ncccc34)nc2C)CC1. The zero-order valence-corrected chi connectivity index (χ0v) is 18.5. The van der Waals surface area contributed by atoms with Crippen molar-refractivity contribution in [3.63, 3.8) is 0 Å². The van der Waals surface area contributed by atoms with E-state index in [0.717, 1.165) is 71.3 Å². The molecule has 154 valence electrons. The molecule has 0 bridgehead atoms. The number of pyridine rings is 1. The van der Waals surface area contributed by atoms with Crippen molar-refractivity contribution in [1.29, 1.82) is 0 Å². The number of rotatable bonds is 5. The number of hydrogen-bond acceptors (Lipinski definition) is 5. The molecule has 6 nitrogen and oxygen atoms in total. The molecule has 3 aromatic rings. The molecule has 0 spiro atoms. The van der Waals surface area contributed by atoms with Crippen molar-refractivity contribution in [2.45, 2.75) is 40.2 Å². The van der Waals surface area contributed by atoms with Gasteiger partial charge in [0.15, 0.2) is 0 Å². The minimum absolute atomic E-state index is 0.119. The lowest BCUT2D eigenvalue weighted by Gasteiger charge is -2.34. The van der Waals surface area contributed by atoms with Crippen molar-refractivity contribution < 1.29 is 4.79 Å². The van der Waals surface area contributed by atoms with E-state index in [1.807, 2.05) is 24.1 Å². The second-order valence-electron chi connectivity index (χ2n) is 7.99. The standard InChI is InChI=1S/C22H29N5OS/c1-5-9-25-10-12-26(13-11-25)22(28)19-16(4)24-21(29-19)18-14-27(15(2)3)20-17(18)7-6-8-23-20/h6-8,14-15H,5,9-13H2,1-4H3. The molecule has 0 radical (unpaired) electrons. The van der Waals surface area contributed by atoms with E-state index in [2.05, 4.69) is 47.5 Å². The molecule has 4 heterocycles. The summed E-state index contributed by atoms with van der Waals surface area (Å²) < 4.78 is 2.18. The van der Waals surface area contributed by atoms with Gasteiger partial charge in [0.05, 0.1) is 5.69 Å². The molecular formula is C22H29N5OS. The molecule has 3 aromatic heterocycles. The van der Waals surface area contributed by atoms with Crippen LogP contribution in [0.5, 0.6) is 0 Å². The first-order valence-electron chi connectivity index (χ1n) is 10.4. The number of carbonyl (C=O) groups excluding carboxylic acids is 1. The van der Waals surface area contributed by atoms with Crippen molar-refractivity contribution in [3.8, 4) is 10.6 Å². The van der Waals surface area contributed by atoms with Gasteiger partial charge < -0.3 is 9.47 Å². The number of fused-ring (bicyclic) bond motifs is 1. The lowest BCUT2D eigenvalue weighted by Crippen LogP contribution is -2.48. The Labute approximate surface area is 176 Å². The highest BCUT2D eigenvalue weighted by atomic mass is 32.1. The summed E-state index contributed by atoms with van der Waals surface area (Å²) in [6.45, 7) is 13.1. The number of thiazole rings is 1. The molecule has 1 amide bonds. The quantitative estimate of drug-likeness (QED) is 0.631. The summed E-state index contributed by atoms with van der Waals surface area (Å²) in [4.78, 5) is 27.7. The third-order valence-electron chi connectivity index (χ3n) is 5.57. The van der Waals surface area contributed by atoms with Crippen LogP contribution in [0, 0.1) is 6.92 Å². The summed E-state index contributed by atoms with van der Waals surface area (Å²) >= 11 is 1.51. The molecule has 0 atom stereocenters. The molecule has 1 aliphatic heterocycles. The lowest BCUT2D eigenvalue weighted by molar-refractivity contribution is 0.0641. The Morgan fingerprint density at radius 1 is 1.24 bits per heavy atom. The van der Waals surface area contributed by atoms with Gasteiger partial charge in [-0.1, -0.05) is 6.92 Å². The minimum Gasteiger partial charge on any atom is -0.335 e. The second-order valence-corrected chi connectivity index (χ2v) is 8.98. The van der Waals surface area contributed by atoms with Gasteiger partial charge in [0.2, 0.25) is 0 Å². The van der Waals surface area contributed by atoms with Gasteiger partial charge >= 0.3 is 0 Å². The molecule has 29 heavy (non-hydrogen) atoms. The molecule has 1 saturated heterocycles. The largest absolute Gasteiger partial charge is 0.335 e. The highest BCUT2D eigenvalue weighted by Gasteiger charge is 2.26. The van der Waals surface area contributed by atoms with Gasteiger partial charge in [-0.25, -0.2) is 9.97 Å². The van der Waals surface area contributed by atoms with Gasteiger partial charge in [-0.05, 0) is 45.9 Å². The van der Waals surface area contributed by atoms with Crippen LogP contribution >= 0.6 is 11.3 Å². The number of amides is 1. The Morgan fingerprint density at radius 3 is 2.69 bits per heavy atom.